The maximum atomic E-state index is 13.6. The SMILES string of the molecule is COc1ccc(F)cc1-c1ccc2c(c1)[nH]c(=O)n2CCC(C)C. The summed E-state index contributed by atoms with van der Waals surface area (Å²) in [6.07, 6.45) is 0.937. The smallest absolute Gasteiger partial charge is 0.326 e. The molecule has 1 aromatic heterocycles. The third-order valence-corrected chi connectivity index (χ3v) is 4.18. The van der Waals surface area contributed by atoms with E-state index >= 15 is 0 Å². The van der Waals surface area contributed by atoms with Crippen LogP contribution in [0.4, 0.5) is 4.39 Å². The van der Waals surface area contributed by atoms with Crippen molar-refractivity contribution in [3.63, 3.8) is 0 Å². The molecule has 0 saturated heterocycles. The number of aryl methyl sites for hydroxylation is 1. The number of nitrogens with zero attached hydrogens (tertiary/aromatic N) is 1. The second-order valence-electron chi connectivity index (χ2n) is 6.34. The lowest BCUT2D eigenvalue weighted by Gasteiger charge is -2.10. The van der Waals surface area contributed by atoms with Gasteiger partial charge < -0.3 is 9.72 Å². The molecule has 0 aliphatic rings. The van der Waals surface area contributed by atoms with Crippen LogP contribution in [-0.2, 0) is 6.54 Å². The lowest BCUT2D eigenvalue weighted by atomic mass is 10.0. The Morgan fingerprint density at radius 1 is 1.21 bits per heavy atom. The third-order valence-electron chi connectivity index (χ3n) is 4.18. The predicted molar refractivity (Wildman–Crippen MR) is 94.0 cm³/mol. The minimum Gasteiger partial charge on any atom is -0.496 e. The van der Waals surface area contributed by atoms with E-state index in [1.54, 1.807) is 17.7 Å². The number of hydrogen-bond acceptors (Lipinski definition) is 2. The summed E-state index contributed by atoms with van der Waals surface area (Å²) in [7, 11) is 1.56. The Morgan fingerprint density at radius 3 is 2.71 bits per heavy atom. The standard InChI is InChI=1S/C19H21FN2O2/c1-12(2)8-9-22-17-6-4-13(10-16(17)21-19(22)23)15-11-14(20)5-7-18(15)24-3/h4-7,10-12H,8-9H2,1-3H3,(H,21,23). The number of halogens is 1. The van der Waals surface area contributed by atoms with Crippen LogP contribution >= 0.6 is 0 Å². The number of methoxy groups -OCH3 is 1. The van der Waals surface area contributed by atoms with Crippen LogP contribution in [0.15, 0.2) is 41.2 Å². The highest BCUT2D eigenvalue weighted by molar-refractivity contribution is 5.83. The van der Waals surface area contributed by atoms with Crippen molar-refractivity contribution in [1.82, 2.24) is 9.55 Å². The van der Waals surface area contributed by atoms with Crippen molar-refractivity contribution in [3.05, 3.63) is 52.7 Å². The van der Waals surface area contributed by atoms with Crippen molar-refractivity contribution in [2.75, 3.05) is 7.11 Å². The molecule has 0 aliphatic carbocycles. The van der Waals surface area contributed by atoms with Gasteiger partial charge in [-0.25, -0.2) is 9.18 Å². The molecule has 0 unspecified atom stereocenters. The molecule has 24 heavy (non-hydrogen) atoms. The number of nitrogens with one attached hydrogen (secondary N) is 1. The van der Waals surface area contributed by atoms with E-state index in [2.05, 4.69) is 18.8 Å². The Hall–Kier alpha value is -2.56. The fourth-order valence-corrected chi connectivity index (χ4v) is 2.85. The molecule has 0 bridgehead atoms. The first kappa shape index (κ1) is 16.3. The van der Waals surface area contributed by atoms with Crippen LogP contribution in [0.5, 0.6) is 5.75 Å². The molecule has 126 valence electrons. The highest BCUT2D eigenvalue weighted by Crippen LogP contribution is 2.32. The molecular weight excluding hydrogens is 307 g/mol. The minimum atomic E-state index is -0.325. The Balaban J connectivity index is 2.07. The van der Waals surface area contributed by atoms with Crippen LogP contribution in [0, 0.1) is 11.7 Å². The van der Waals surface area contributed by atoms with E-state index in [0.29, 0.717) is 23.8 Å². The largest absolute Gasteiger partial charge is 0.496 e. The van der Waals surface area contributed by atoms with Gasteiger partial charge >= 0.3 is 5.69 Å². The number of benzene rings is 2. The average molecular weight is 328 g/mol. The first-order chi connectivity index (χ1) is 11.5. The molecule has 0 aliphatic heterocycles. The molecule has 3 aromatic rings. The Morgan fingerprint density at radius 2 is 2.00 bits per heavy atom. The van der Waals surface area contributed by atoms with Gasteiger partial charge in [-0.2, -0.15) is 0 Å². The zero-order chi connectivity index (χ0) is 17.3. The average Bonchev–Trinajstić information content (AvgIpc) is 2.87. The Kier molecular flexibility index (Phi) is 4.42. The molecule has 0 fully saturated rings. The number of fused-ring (bicyclic) bond motifs is 1. The molecular formula is C19H21FN2O2. The van der Waals surface area contributed by atoms with Gasteiger partial charge in [0.25, 0.3) is 0 Å². The van der Waals surface area contributed by atoms with Crippen LogP contribution in [0.3, 0.4) is 0 Å². The van der Waals surface area contributed by atoms with Crippen molar-refractivity contribution >= 4 is 11.0 Å². The molecule has 3 rings (SSSR count). The maximum Gasteiger partial charge on any atom is 0.326 e. The van der Waals surface area contributed by atoms with Crippen molar-refractivity contribution in [3.8, 4) is 16.9 Å². The minimum absolute atomic E-state index is 0.117. The second kappa shape index (κ2) is 6.51. The quantitative estimate of drug-likeness (QED) is 0.763. The van der Waals surface area contributed by atoms with Crippen LogP contribution in [0.2, 0.25) is 0 Å². The zero-order valence-electron chi connectivity index (χ0n) is 14.1. The molecule has 1 N–H and O–H groups in total. The number of ether oxygens (including phenoxy) is 1. The van der Waals surface area contributed by atoms with E-state index in [4.69, 9.17) is 4.74 Å². The topological polar surface area (TPSA) is 47.0 Å². The van der Waals surface area contributed by atoms with Gasteiger partial charge in [-0.05, 0) is 48.2 Å². The Bertz CT molecular complexity index is 925. The number of H-pyrrole nitrogens is 1. The summed E-state index contributed by atoms with van der Waals surface area (Å²) in [6.45, 7) is 4.95. The molecule has 0 atom stereocenters. The lowest BCUT2D eigenvalue weighted by molar-refractivity contribution is 0.415. The first-order valence-corrected chi connectivity index (χ1v) is 8.06. The van der Waals surface area contributed by atoms with Gasteiger partial charge in [-0.1, -0.05) is 19.9 Å². The van der Waals surface area contributed by atoms with Crippen LogP contribution in [0.25, 0.3) is 22.2 Å². The fraction of sp³-hybridized carbons (Fsp3) is 0.316. The van der Waals surface area contributed by atoms with E-state index in [9.17, 15) is 9.18 Å². The summed E-state index contributed by atoms with van der Waals surface area (Å²) in [5.74, 6) is 0.795. The molecule has 0 radical (unpaired) electrons. The predicted octanol–water partition coefficient (Wildman–Crippen LogP) is 4.19. The maximum absolute atomic E-state index is 13.6. The van der Waals surface area contributed by atoms with Crippen LogP contribution in [-0.4, -0.2) is 16.7 Å². The molecule has 0 amide bonds. The van der Waals surface area contributed by atoms with E-state index < -0.39 is 0 Å². The van der Waals surface area contributed by atoms with Crippen molar-refractivity contribution in [1.29, 1.82) is 0 Å². The van der Waals surface area contributed by atoms with Crippen molar-refractivity contribution in [2.24, 2.45) is 5.92 Å². The summed E-state index contributed by atoms with van der Waals surface area (Å²) in [6, 6.07) is 10.1. The zero-order valence-corrected chi connectivity index (χ0v) is 14.1. The van der Waals surface area contributed by atoms with E-state index in [0.717, 1.165) is 23.0 Å². The van der Waals surface area contributed by atoms with Gasteiger partial charge in [0.2, 0.25) is 0 Å². The van der Waals surface area contributed by atoms with Gasteiger partial charge in [0.05, 0.1) is 18.1 Å². The van der Waals surface area contributed by atoms with Gasteiger partial charge in [-0.3, -0.25) is 4.57 Å². The highest BCUT2D eigenvalue weighted by Gasteiger charge is 2.12. The number of imidazole rings is 1. The number of rotatable bonds is 5. The monoisotopic (exact) mass is 328 g/mol. The lowest BCUT2D eigenvalue weighted by Crippen LogP contribution is -2.17. The van der Waals surface area contributed by atoms with Crippen LogP contribution in [0.1, 0.15) is 20.3 Å². The van der Waals surface area contributed by atoms with E-state index in [1.807, 2.05) is 18.2 Å². The number of aromatic nitrogens is 2. The first-order valence-electron chi connectivity index (χ1n) is 8.06. The number of aromatic amines is 1. The van der Waals surface area contributed by atoms with Crippen molar-refractivity contribution < 1.29 is 9.13 Å². The second-order valence-corrected chi connectivity index (χ2v) is 6.34. The van der Waals surface area contributed by atoms with Gasteiger partial charge in [-0.15, -0.1) is 0 Å². The highest BCUT2D eigenvalue weighted by atomic mass is 19.1. The molecule has 4 nitrogen and oxygen atoms in total. The fourth-order valence-electron chi connectivity index (χ4n) is 2.85. The summed E-state index contributed by atoms with van der Waals surface area (Å²) in [4.78, 5) is 15.1. The molecule has 0 spiro atoms. The summed E-state index contributed by atoms with van der Waals surface area (Å²) < 4.78 is 20.7. The normalized spacial score (nSPS) is 11.4. The molecule has 5 heteroatoms. The van der Waals surface area contributed by atoms with Gasteiger partial charge in [0.15, 0.2) is 0 Å². The summed E-state index contributed by atoms with van der Waals surface area (Å²) >= 11 is 0. The molecule has 2 aromatic carbocycles. The molecule has 1 heterocycles. The number of hydrogen-bond donors (Lipinski definition) is 1. The van der Waals surface area contributed by atoms with Gasteiger partial charge in [0, 0.05) is 12.1 Å². The van der Waals surface area contributed by atoms with Crippen LogP contribution < -0.4 is 10.4 Å². The Labute approximate surface area is 139 Å². The summed E-state index contributed by atoms with van der Waals surface area (Å²) in [5.41, 5.74) is 2.95. The van der Waals surface area contributed by atoms with E-state index in [-0.39, 0.29) is 11.5 Å². The van der Waals surface area contributed by atoms with E-state index in [1.165, 1.54) is 12.1 Å². The third kappa shape index (κ3) is 3.07. The molecule has 0 saturated carbocycles. The van der Waals surface area contributed by atoms with Gasteiger partial charge in [0.1, 0.15) is 11.6 Å². The van der Waals surface area contributed by atoms with Crippen molar-refractivity contribution in [2.45, 2.75) is 26.8 Å². The summed E-state index contributed by atoms with van der Waals surface area (Å²) in [5, 5.41) is 0.